The molecular weight excluding hydrogens is 619 g/mol. The second-order valence-corrected chi connectivity index (χ2v) is 12.2. The Morgan fingerprint density at radius 2 is 1.93 bits per heavy atom. The number of aliphatic hydroxyl groups is 1. The Labute approximate surface area is 256 Å². The SMILES string of the molecule is NC(=O)c1sc2nc(N3CCC(NCC(O)c4ccc(-c5cccc(NCS(=O)O)c5)cn4)CC3)cc(C(F)(F)F)c2c1N. The number of nitrogen functional groups attached to an aromatic ring is 1. The molecule has 1 fully saturated rings. The van der Waals surface area contributed by atoms with Crippen molar-refractivity contribution < 1.29 is 31.8 Å². The van der Waals surface area contributed by atoms with Crippen molar-refractivity contribution in [1.29, 1.82) is 0 Å². The fourth-order valence-electron chi connectivity index (χ4n) is 5.10. The monoisotopic (exact) mass is 649 g/mol. The number of nitrogens with two attached hydrogens (primary N) is 2. The molecule has 8 N–H and O–H groups in total. The number of nitrogens with zero attached hydrogens (tertiary/aromatic N) is 3. The molecule has 0 radical (unpaired) electrons. The molecule has 2 unspecified atom stereocenters. The van der Waals surface area contributed by atoms with Gasteiger partial charge >= 0.3 is 6.18 Å². The standard InChI is InChI=1S/C28H30F3N7O4S2/c29-28(30,31)19-11-22(37-27-23(19)24(32)25(43-27)26(33)40)38-8-6-17(7-9-38)34-13-21(39)20-5-4-16(12-35-20)15-2-1-3-18(10-15)36-14-44(41)42/h1-5,10-12,17,21,34,36,39H,6-9,13-14,32H2,(H2,33,40)(H,41,42). The van der Waals surface area contributed by atoms with E-state index in [1.165, 1.54) is 0 Å². The Morgan fingerprint density at radius 3 is 2.57 bits per heavy atom. The van der Waals surface area contributed by atoms with Gasteiger partial charge in [-0.25, -0.2) is 9.19 Å². The molecule has 2 atom stereocenters. The van der Waals surface area contributed by atoms with Gasteiger partial charge in [0, 0.05) is 48.5 Å². The number of primary amides is 1. The highest BCUT2D eigenvalue weighted by molar-refractivity contribution is 7.79. The minimum Gasteiger partial charge on any atom is -0.397 e. The lowest BCUT2D eigenvalue weighted by Crippen LogP contribution is -2.44. The minimum absolute atomic E-state index is 0.00627. The van der Waals surface area contributed by atoms with Crippen LogP contribution in [0.5, 0.6) is 0 Å². The number of anilines is 3. The number of hydrogen-bond donors (Lipinski definition) is 6. The number of piperidine rings is 1. The van der Waals surface area contributed by atoms with Crippen LogP contribution in [0.2, 0.25) is 0 Å². The lowest BCUT2D eigenvalue weighted by atomic mass is 10.0. The van der Waals surface area contributed by atoms with Crippen LogP contribution in [0.3, 0.4) is 0 Å². The van der Waals surface area contributed by atoms with Gasteiger partial charge in [0.15, 0.2) is 11.1 Å². The molecule has 0 aliphatic carbocycles. The molecule has 44 heavy (non-hydrogen) atoms. The maximum Gasteiger partial charge on any atom is 0.417 e. The number of alkyl halides is 3. The number of carbonyl (C=O) groups excluding carboxylic acids is 1. The second kappa shape index (κ2) is 13.0. The van der Waals surface area contributed by atoms with Gasteiger partial charge in [-0.05, 0) is 42.7 Å². The van der Waals surface area contributed by atoms with E-state index in [1.54, 1.807) is 23.2 Å². The van der Waals surface area contributed by atoms with Gasteiger partial charge in [-0.3, -0.25) is 9.78 Å². The summed E-state index contributed by atoms with van der Waals surface area (Å²) in [5.41, 5.74) is 12.7. The fourth-order valence-corrected chi connectivity index (χ4v) is 6.36. The van der Waals surface area contributed by atoms with E-state index in [1.807, 2.05) is 24.3 Å². The highest BCUT2D eigenvalue weighted by Gasteiger charge is 2.37. The summed E-state index contributed by atoms with van der Waals surface area (Å²) in [6.07, 6.45) is -2.72. The lowest BCUT2D eigenvalue weighted by molar-refractivity contribution is -0.136. The molecule has 1 aliphatic heterocycles. The number of carbonyl (C=O) groups is 1. The highest BCUT2D eigenvalue weighted by atomic mass is 32.2. The molecule has 0 saturated carbocycles. The van der Waals surface area contributed by atoms with Crippen LogP contribution >= 0.6 is 11.3 Å². The van der Waals surface area contributed by atoms with Crippen molar-refractivity contribution in [1.82, 2.24) is 15.3 Å². The molecule has 0 spiro atoms. The van der Waals surface area contributed by atoms with Gasteiger partial charge in [-0.2, -0.15) is 13.2 Å². The number of aliphatic hydroxyl groups excluding tert-OH is 1. The third-order valence-corrected chi connectivity index (χ3v) is 8.86. The highest BCUT2D eigenvalue weighted by Crippen LogP contribution is 2.43. The first-order valence-corrected chi connectivity index (χ1v) is 15.6. The molecule has 1 aromatic carbocycles. The predicted molar refractivity (Wildman–Crippen MR) is 165 cm³/mol. The Morgan fingerprint density at radius 1 is 1.18 bits per heavy atom. The summed E-state index contributed by atoms with van der Waals surface area (Å²) < 4.78 is 61.7. The van der Waals surface area contributed by atoms with Crippen LogP contribution in [0.25, 0.3) is 21.3 Å². The molecule has 234 valence electrons. The number of pyridine rings is 2. The number of halogens is 3. The lowest BCUT2D eigenvalue weighted by Gasteiger charge is -2.34. The van der Waals surface area contributed by atoms with Crippen LogP contribution in [0.1, 0.15) is 39.9 Å². The van der Waals surface area contributed by atoms with Crippen LogP contribution < -0.4 is 27.0 Å². The van der Waals surface area contributed by atoms with Crippen molar-refractivity contribution in [3.05, 3.63) is 64.8 Å². The number of benzene rings is 1. The van der Waals surface area contributed by atoms with Crippen LogP contribution in [0.4, 0.5) is 30.4 Å². The van der Waals surface area contributed by atoms with Crippen LogP contribution in [0.15, 0.2) is 48.7 Å². The van der Waals surface area contributed by atoms with E-state index in [-0.39, 0.29) is 45.1 Å². The molecule has 16 heteroatoms. The van der Waals surface area contributed by atoms with E-state index >= 15 is 0 Å². The number of hydrogen-bond acceptors (Lipinski definition) is 10. The minimum atomic E-state index is -4.70. The number of amides is 1. The van der Waals surface area contributed by atoms with Crippen LogP contribution in [-0.4, -0.2) is 61.3 Å². The Balaban J connectivity index is 1.18. The van der Waals surface area contributed by atoms with Gasteiger partial charge in [0.05, 0.1) is 16.9 Å². The first-order valence-electron chi connectivity index (χ1n) is 13.5. The number of nitrogens with one attached hydrogen (secondary N) is 2. The quantitative estimate of drug-likeness (QED) is 0.138. The molecule has 1 amide bonds. The molecule has 1 saturated heterocycles. The van der Waals surface area contributed by atoms with Crippen molar-refractivity contribution >= 4 is 55.7 Å². The second-order valence-electron chi connectivity index (χ2n) is 10.3. The Hall–Kier alpha value is -3.83. The largest absolute Gasteiger partial charge is 0.417 e. The summed E-state index contributed by atoms with van der Waals surface area (Å²) in [6, 6.07) is 11.9. The van der Waals surface area contributed by atoms with E-state index in [9.17, 15) is 27.3 Å². The van der Waals surface area contributed by atoms with Gasteiger partial charge in [0.1, 0.15) is 27.5 Å². The number of thiophene rings is 1. The summed E-state index contributed by atoms with van der Waals surface area (Å²) in [7, 11) is 0. The van der Waals surface area contributed by atoms with Gasteiger partial charge < -0.3 is 36.7 Å². The number of fused-ring (bicyclic) bond motifs is 1. The van der Waals surface area contributed by atoms with Gasteiger partial charge in [0.2, 0.25) is 0 Å². The van der Waals surface area contributed by atoms with E-state index in [0.29, 0.717) is 37.3 Å². The molecular formula is C28H30F3N7O4S2. The molecule has 11 nitrogen and oxygen atoms in total. The van der Waals surface area contributed by atoms with Gasteiger partial charge in [-0.1, -0.05) is 18.2 Å². The summed E-state index contributed by atoms with van der Waals surface area (Å²) in [4.78, 5) is 22.1. The van der Waals surface area contributed by atoms with E-state index < -0.39 is 34.8 Å². The van der Waals surface area contributed by atoms with E-state index in [4.69, 9.17) is 16.0 Å². The average Bonchev–Trinajstić information content (AvgIpc) is 3.34. The summed E-state index contributed by atoms with van der Waals surface area (Å²) in [6.45, 7) is 1.10. The van der Waals surface area contributed by atoms with Gasteiger partial charge in [0.25, 0.3) is 5.91 Å². The fraction of sp³-hybridized carbons (Fsp3) is 0.321. The van der Waals surface area contributed by atoms with Crippen molar-refractivity contribution in [3.63, 3.8) is 0 Å². The summed E-state index contributed by atoms with van der Waals surface area (Å²) >= 11 is -1.22. The molecule has 4 heterocycles. The molecule has 4 aromatic rings. The zero-order chi connectivity index (χ0) is 31.6. The third kappa shape index (κ3) is 7.10. The Kier molecular flexibility index (Phi) is 9.36. The molecule has 1 aliphatic rings. The van der Waals surface area contributed by atoms with Crippen LogP contribution in [-0.2, 0) is 17.3 Å². The molecule has 5 rings (SSSR count). The first kappa shape index (κ1) is 31.6. The third-order valence-electron chi connectivity index (χ3n) is 7.36. The first-order chi connectivity index (χ1) is 20.9. The summed E-state index contributed by atoms with van der Waals surface area (Å²) in [5.74, 6) is -0.845. The van der Waals surface area contributed by atoms with Crippen molar-refractivity contribution in [2.24, 2.45) is 5.73 Å². The Bertz CT molecular complexity index is 1680. The van der Waals surface area contributed by atoms with Gasteiger partial charge in [-0.15, -0.1) is 11.3 Å². The van der Waals surface area contributed by atoms with Crippen molar-refractivity contribution in [2.75, 3.05) is 41.5 Å². The maximum atomic E-state index is 13.9. The van der Waals surface area contributed by atoms with Crippen molar-refractivity contribution in [3.8, 4) is 11.1 Å². The smallest absolute Gasteiger partial charge is 0.397 e. The zero-order valence-electron chi connectivity index (χ0n) is 23.2. The van der Waals surface area contributed by atoms with E-state index in [2.05, 4.69) is 20.6 Å². The topological polar surface area (TPSA) is 180 Å². The number of rotatable bonds is 10. The number of aromatic nitrogens is 2. The average molecular weight is 650 g/mol. The van der Waals surface area contributed by atoms with Crippen LogP contribution in [0, 0.1) is 0 Å². The zero-order valence-corrected chi connectivity index (χ0v) is 24.8. The predicted octanol–water partition coefficient (Wildman–Crippen LogP) is 3.94. The normalized spacial score (nSPS) is 15.8. The van der Waals surface area contributed by atoms with Crippen molar-refractivity contribution in [2.45, 2.75) is 31.2 Å². The maximum absolute atomic E-state index is 13.9. The molecule has 0 bridgehead atoms. The molecule has 3 aromatic heterocycles. The summed E-state index contributed by atoms with van der Waals surface area (Å²) in [5, 5.41) is 16.6. The van der Waals surface area contributed by atoms with E-state index in [0.717, 1.165) is 28.5 Å².